The highest BCUT2D eigenvalue weighted by Crippen LogP contribution is 2.31. The van der Waals surface area contributed by atoms with Crippen molar-refractivity contribution in [1.82, 2.24) is 10.4 Å². The summed E-state index contributed by atoms with van der Waals surface area (Å²) in [5.74, 6) is -2.85. The Balaban J connectivity index is 1.50. The third-order valence-corrected chi connectivity index (χ3v) is 6.31. The number of nitrogens with zero attached hydrogens (tertiary/aromatic N) is 1. The minimum Gasteiger partial charge on any atom is -0.455 e. The lowest BCUT2D eigenvalue weighted by molar-refractivity contribution is -0.151. The smallest absolute Gasteiger partial charge is 0.311 e. The second-order valence-corrected chi connectivity index (χ2v) is 8.64. The number of anilines is 1. The predicted molar refractivity (Wildman–Crippen MR) is 122 cm³/mol. The summed E-state index contributed by atoms with van der Waals surface area (Å²) in [4.78, 5) is 49.1. The van der Waals surface area contributed by atoms with Gasteiger partial charge in [0.05, 0.1) is 17.5 Å². The molecule has 1 aliphatic rings. The number of carbonyl (C=O) groups is 4. The van der Waals surface area contributed by atoms with Crippen molar-refractivity contribution >= 4 is 56.9 Å². The van der Waals surface area contributed by atoms with E-state index < -0.39 is 36.2 Å². The molecule has 3 amide bonds. The first-order valence-corrected chi connectivity index (χ1v) is 10.9. The van der Waals surface area contributed by atoms with E-state index in [1.807, 2.05) is 13.0 Å². The normalized spacial score (nSPS) is 15.4. The lowest BCUT2D eigenvalue weighted by atomic mass is 10.1. The van der Waals surface area contributed by atoms with E-state index in [0.717, 1.165) is 10.6 Å². The molecule has 1 saturated heterocycles. The number of nitrogens with one attached hydrogen (secondary N) is 2. The van der Waals surface area contributed by atoms with Crippen LogP contribution in [0.2, 0.25) is 5.02 Å². The Morgan fingerprint density at radius 1 is 1.22 bits per heavy atom. The van der Waals surface area contributed by atoms with Gasteiger partial charge in [-0.25, -0.2) is 0 Å². The van der Waals surface area contributed by atoms with Gasteiger partial charge in [-0.3, -0.25) is 29.6 Å². The number of halogens is 2. The van der Waals surface area contributed by atoms with E-state index >= 15 is 0 Å². The summed E-state index contributed by atoms with van der Waals surface area (Å²) >= 11 is 9.44. The zero-order valence-electron chi connectivity index (χ0n) is 17.4. The minimum absolute atomic E-state index is 0.0295. The Labute approximate surface area is 198 Å². The molecule has 0 radical (unpaired) electrons. The van der Waals surface area contributed by atoms with E-state index in [4.69, 9.17) is 16.3 Å². The lowest BCUT2D eigenvalue weighted by Crippen LogP contribution is -2.43. The summed E-state index contributed by atoms with van der Waals surface area (Å²) in [5, 5.41) is 4.21. The van der Waals surface area contributed by atoms with Crippen molar-refractivity contribution < 1.29 is 23.9 Å². The first kappa shape index (κ1) is 23.7. The standard InChI is InChI=1S/C22H21BrClN3O5/c1-12-4-3-5-14(8-12)21(30)26-27-10-15(9-19(27)29)22(31)32-11-18(28)25-17-7-6-16(23)20(24)13(17)2/h3-8,15H,9-11H2,1-2H3,(H,25,28)(H,26,30)/t15-/m0/s1. The van der Waals surface area contributed by atoms with Gasteiger partial charge < -0.3 is 10.1 Å². The number of carbonyl (C=O) groups excluding carboxylic acids is 4. The Morgan fingerprint density at radius 3 is 2.69 bits per heavy atom. The van der Waals surface area contributed by atoms with Crippen molar-refractivity contribution in [2.75, 3.05) is 18.5 Å². The maximum Gasteiger partial charge on any atom is 0.311 e. The molecule has 0 unspecified atom stereocenters. The molecule has 1 heterocycles. The highest BCUT2D eigenvalue weighted by atomic mass is 79.9. The number of esters is 1. The summed E-state index contributed by atoms with van der Waals surface area (Å²) in [6.07, 6.45) is -0.115. The van der Waals surface area contributed by atoms with E-state index in [1.165, 1.54) is 0 Å². The molecular formula is C22H21BrClN3O5. The summed E-state index contributed by atoms with van der Waals surface area (Å²) in [7, 11) is 0. The monoisotopic (exact) mass is 521 g/mol. The third-order valence-electron chi connectivity index (χ3n) is 4.93. The molecule has 0 aromatic heterocycles. The van der Waals surface area contributed by atoms with Gasteiger partial charge in [0.1, 0.15) is 0 Å². The van der Waals surface area contributed by atoms with E-state index in [-0.39, 0.29) is 13.0 Å². The van der Waals surface area contributed by atoms with Gasteiger partial charge >= 0.3 is 5.97 Å². The predicted octanol–water partition coefficient (Wildman–Crippen LogP) is 3.39. The highest BCUT2D eigenvalue weighted by molar-refractivity contribution is 9.10. The average molecular weight is 523 g/mol. The first-order chi connectivity index (χ1) is 15.2. The van der Waals surface area contributed by atoms with E-state index in [1.54, 1.807) is 37.3 Å². The van der Waals surface area contributed by atoms with Crippen molar-refractivity contribution in [3.05, 3.63) is 62.6 Å². The van der Waals surface area contributed by atoms with Crippen molar-refractivity contribution in [3.8, 4) is 0 Å². The quantitative estimate of drug-likeness (QED) is 0.566. The van der Waals surface area contributed by atoms with Crippen molar-refractivity contribution in [1.29, 1.82) is 0 Å². The maximum absolute atomic E-state index is 12.3. The van der Waals surface area contributed by atoms with Gasteiger partial charge in [0.25, 0.3) is 11.8 Å². The summed E-state index contributed by atoms with van der Waals surface area (Å²) < 4.78 is 5.77. The van der Waals surface area contributed by atoms with Gasteiger partial charge in [0.15, 0.2) is 6.61 Å². The molecule has 0 spiro atoms. The fourth-order valence-electron chi connectivity index (χ4n) is 3.18. The number of amides is 3. The highest BCUT2D eigenvalue weighted by Gasteiger charge is 2.36. The number of benzene rings is 2. The lowest BCUT2D eigenvalue weighted by Gasteiger charge is -2.17. The molecule has 1 aliphatic heterocycles. The number of hydrogen-bond acceptors (Lipinski definition) is 5. The molecule has 168 valence electrons. The van der Waals surface area contributed by atoms with Crippen LogP contribution < -0.4 is 10.7 Å². The summed E-state index contributed by atoms with van der Waals surface area (Å²) in [6, 6.07) is 10.3. The number of rotatable bonds is 6. The van der Waals surface area contributed by atoms with Crippen molar-refractivity contribution in [2.24, 2.45) is 5.92 Å². The number of hydrazine groups is 1. The summed E-state index contributed by atoms with van der Waals surface area (Å²) in [5.41, 5.74) is 5.00. The third kappa shape index (κ3) is 5.66. The van der Waals surface area contributed by atoms with E-state index in [0.29, 0.717) is 26.3 Å². The van der Waals surface area contributed by atoms with Gasteiger partial charge in [-0.15, -0.1) is 0 Å². The van der Waals surface area contributed by atoms with Gasteiger partial charge in [0.2, 0.25) is 5.91 Å². The van der Waals surface area contributed by atoms with Crippen LogP contribution in [-0.2, 0) is 19.1 Å². The van der Waals surface area contributed by atoms with Gasteiger partial charge in [-0.05, 0) is 59.6 Å². The van der Waals surface area contributed by atoms with Crippen LogP contribution in [0.4, 0.5) is 5.69 Å². The average Bonchev–Trinajstić information content (AvgIpc) is 3.12. The van der Waals surface area contributed by atoms with Crippen LogP contribution in [0.3, 0.4) is 0 Å². The molecule has 8 nitrogen and oxygen atoms in total. The Hall–Kier alpha value is -2.91. The van der Waals surface area contributed by atoms with Gasteiger partial charge in [-0.1, -0.05) is 29.3 Å². The summed E-state index contributed by atoms with van der Waals surface area (Å²) in [6.45, 7) is 3.07. The van der Waals surface area contributed by atoms with Crippen LogP contribution in [0, 0.1) is 19.8 Å². The number of hydrogen-bond donors (Lipinski definition) is 2. The van der Waals surface area contributed by atoms with Gasteiger partial charge in [-0.2, -0.15) is 0 Å². The largest absolute Gasteiger partial charge is 0.455 e. The molecule has 2 aromatic carbocycles. The molecule has 2 aromatic rings. The van der Waals surface area contributed by atoms with Crippen LogP contribution in [0.1, 0.15) is 27.9 Å². The molecule has 3 rings (SSSR count). The molecule has 0 saturated carbocycles. The zero-order valence-corrected chi connectivity index (χ0v) is 19.7. The van der Waals surface area contributed by atoms with Gasteiger partial charge in [0, 0.05) is 22.1 Å². The second kappa shape index (κ2) is 10.1. The van der Waals surface area contributed by atoms with Crippen LogP contribution in [0.15, 0.2) is 40.9 Å². The molecule has 10 heteroatoms. The fraction of sp³-hybridized carbons (Fsp3) is 0.273. The Bertz CT molecular complexity index is 1090. The number of ether oxygens (including phenoxy) is 1. The first-order valence-electron chi connectivity index (χ1n) is 9.75. The SMILES string of the molecule is Cc1cccc(C(=O)NN2C[C@@H](C(=O)OCC(=O)Nc3ccc(Br)c(Cl)c3C)CC2=O)c1. The van der Waals surface area contributed by atoms with Crippen LogP contribution in [0.5, 0.6) is 0 Å². The fourth-order valence-corrected chi connectivity index (χ4v) is 3.77. The van der Waals surface area contributed by atoms with Crippen molar-refractivity contribution in [2.45, 2.75) is 20.3 Å². The molecule has 1 fully saturated rings. The zero-order chi connectivity index (χ0) is 23.4. The Kier molecular flexibility index (Phi) is 7.52. The number of aryl methyl sites for hydroxylation is 1. The van der Waals surface area contributed by atoms with Crippen LogP contribution >= 0.6 is 27.5 Å². The second-order valence-electron chi connectivity index (χ2n) is 7.41. The van der Waals surface area contributed by atoms with Crippen LogP contribution in [0.25, 0.3) is 0 Å². The topological polar surface area (TPSA) is 105 Å². The molecule has 2 N–H and O–H groups in total. The van der Waals surface area contributed by atoms with Crippen LogP contribution in [-0.4, -0.2) is 41.9 Å². The molecule has 32 heavy (non-hydrogen) atoms. The Morgan fingerprint density at radius 2 is 1.97 bits per heavy atom. The molecule has 0 aliphatic carbocycles. The molecule has 1 atom stereocenters. The minimum atomic E-state index is -0.781. The van der Waals surface area contributed by atoms with Crippen molar-refractivity contribution in [3.63, 3.8) is 0 Å². The molecule has 0 bridgehead atoms. The maximum atomic E-state index is 12.3. The molecular weight excluding hydrogens is 502 g/mol. The van der Waals surface area contributed by atoms with E-state index in [2.05, 4.69) is 26.7 Å². The van der Waals surface area contributed by atoms with E-state index in [9.17, 15) is 19.2 Å².